The van der Waals surface area contributed by atoms with Crippen LogP contribution in [0.4, 0.5) is 0 Å². The van der Waals surface area contributed by atoms with Gasteiger partial charge in [-0.2, -0.15) is 0 Å². The van der Waals surface area contributed by atoms with Gasteiger partial charge in [-0.1, -0.05) is 87.4 Å². The summed E-state index contributed by atoms with van der Waals surface area (Å²) in [7, 11) is 0. The molecule has 0 amide bonds. The highest BCUT2D eigenvalue weighted by Gasteiger charge is 2.07. The van der Waals surface area contributed by atoms with Crippen LogP contribution in [0.2, 0.25) is 0 Å². The second-order valence-corrected chi connectivity index (χ2v) is 10.4. The molecule has 45 heavy (non-hydrogen) atoms. The first kappa shape index (κ1) is 34.6. The summed E-state index contributed by atoms with van der Waals surface area (Å²) in [4.78, 5) is 25.0. The Morgan fingerprint density at radius 2 is 1.00 bits per heavy atom. The Morgan fingerprint density at radius 1 is 0.556 bits per heavy atom. The maximum absolute atomic E-state index is 9.24. The quantitative estimate of drug-likeness (QED) is 0.173. The lowest BCUT2D eigenvalue weighted by molar-refractivity contribution is 0.299. The summed E-state index contributed by atoms with van der Waals surface area (Å²) in [6.45, 7) is 12.8. The number of hydrogen-bond donors (Lipinski definition) is 1. The molecule has 0 saturated heterocycles. The standard InChI is InChI=1S/C15H18N2O.C13H14N2O.C8H12N2O/c1-3-7-14-15(10-16-12(2)17-14)18-11-13-8-5-4-6-9-13;1-10-13(8-14-11(2)15-10)16-9-12-6-4-3-5-7-12;1-3-4-7-8(11)5-9-6(2)10-7/h4-6,8-10H,3,7,11H2,1-2H3;3-8H,9H2,1-2H3;5,11H,3-4H2,1-2H3. The molecular weight excluding hydrogens is 564 g/mol. The Kier molecular flexibility index (Phi) is 14.3. The highest BCUT2D eigenvalue weighted by atomic mass is 16.5. The molecule has 5 aromatic rings. The topological polar surface area (TPSA) is 116 Å². The third-order valence-corrected chi connectivity index (χ3v) is 6.42. The van der Waals surface area contributed by atoms with Crippen molar-refractivity contribution in [3.05, 3.63) is 125 Å². The zero-order valence-electron chi connectivity index (χ0n) is 27.2. The van der Waals surface area contributed by atoms with Gasteiger partial charge in [-0.25, -0.2) is 29.9 Å². The lowest BCUT2D eigenvalue weighted by Gasteiger charge is -2.10. The Labute approximate surface area is 266 Å². The number of aryl methyl sites for hydroxylation is 6. The van der Waals surface area contributed by atoms with Crippen LogP contribution < -0.4 is 9.47 Å². The molecule has 0 aliphatic heterocycles. The minimum Gasteiger partial charge on any atom is -0.504 e. The van der Waals surface area contributed by atoms with Crippen molar-refractivity contribution in [1.82, 2.24) is 29.9 Å². The molecule has 0 bridgehead atoms. The Bertz CT molecular complexity index is 1580. The van der Waals surface area contributed by atoms with Gasteiger partial charge in [0.2, 0.25) is 0 Å². The van der Waals surface area contributed by atoms with Gasteiger partial charge < -0.3 is 14.6 Å². The number of aromatic hydroxyl groups is 1. The third-order valence-electron chi connectivity index (χ3n) is 6.42. The molecule has 0 saturated carbocycles. The SMILES string of the molecule is CCCc1nc(C)ncc1O.CCCc1nc(C)ncc1OCc1ccccc1.Cc1ncc(OCc2ccccc2)c(C)n1. The number of hydrogen-bond acceptors (Lipinski definition) is 9. The molecule has 9 heteroatoms. The van der Waals surface area contributed by atoms with E-state index < -0.39 is 0 Å². The van der Waals surface area contributed by atoms with E-state index in [4.69, 9.17) is 9.47 Å². The monoisotopic (exact) mass is 608 g/mol. The normalized spacial score (nSPS) is 10.2. The summed E-state index contributed by atoms with van der Waals surface area (Å²) < 4.78 is 11.5. The molecule has 0 spiro atoms. The molecule has 0 unspecified atom stereocenters. The van der Waals surface area contributed by atoms with E-state index in [1.165, 1.54) is 6.20 Å². The number of nitrogens with zero attached hydrogens (tertiary/aromatic N) is 6. The average Bonchev–Trinajstić information content (AvgIpc) is 3.04. The Hall–Kier alpha value is -4.92. The molecule has 5 rings (SSSR count). The zero-order chi connectivity index (χ0) is 32.4. The molecular formula is C36H44N6O3. The van der Waals surface area contributed by atoms with Gasteiger partial charge in [0, 0.05) is 0 Å². The number of ether oxygens (including phenoxy) is 2. The van der Waals surface area contributed by atoms with Gasteiger partial charge in [-0.05, 0) is 51.7 Å². The first-order valence-electron chi connectivity index (χ1n) is 15.3. The van der Waals surface area contributed by atoms with Crippen molar-refractivity contribution >= 4 is 0 Å². The van der Waals surface area contributed by atoms with E-state index in [2.05, 4.69) is 55.9 Å². The van der Waals surface area contributed by atoms with Gasteiger partial charge in [0.1, 0.15) is 30.7 Å². The van der Waals surface area contributed by atoms with E-state index in [0.717, 1.165) is 77.0 Å². The molecule has 3 aromatic heterocycles. The van der Waals surface area contributed by atoms with Crippen molar-refractivity contribution in [3.63, 3.8) is 0 Å². The maximum atomic E-state index is 9.24. The summed E-state index contributed by atoms with van der Waals surface area (Å²) in [5.41, 5.74) is 4.92. The minimum atomic E-state index is 0.206. The van der Waals surface area contributed by atoms with E-state index in [-0.39, 0.29) is 5.75 Å². The summed E-state index contributed by atoms with van der Waals surface area (Å²) >= 11 is 0. The molecule has 9 nitrogen and oxygen atoms in total. The predicted molar refractivity (Wildman–Crippen MR) is 176 cm³/mol. The van der Waals surface area contributed by atoms with Crippen LogP contribution in [-0.2, 0) is 26.1 Å². The Morgan fingerprint density at radius 3 is 1.53 bits per heavy atom. The van der Waals surface area contributed by atoms with Gasteiger partial charge in [0.05, 0.1) is 35.7 Å². The van der Waals surface area contributed by atoms with E-state index in [0.29, 0.717) is 19.0 Å². The largest absolute Gasteiger partial charge is 0.504 e. The second-order valence-electron chi connectivity index (χ2n) is 10.4. The van der Waals surface area contributed by atoms with Gasteiger partial charge in [0.25, 0.3) is 0 Å². The van der Waals surface area contributed by atoms with E-state index in [9.17, 15) is 5.11 Å². The van der Waals surface area contributed by atoms with Gasteiger partial charge in [0.15, 0.2) is 17.2 Å². The van der Waals surface area contributed by atoms with Crippen LogP contribution in [-0.4, -0.2) is 35.0 Å². The maximum Gasteiger partial charge on any atom is 0.159 e. The van der Waals surface area contributed by atoms with Crippen molar-refractivity contribution < 1.29 is 14.6 Å². The van der Waals surface area contributed by atoms with Crippen molar-refractivity contribution in [2.45, 2.75) is 80.4 Å². The first-order chi connectivity index (χ1) is 21.8. The summed E-state index contributed by atoms with van der Waals surface area (Å²) in [6.07, 6.45) is 8.73. The molecule has 0 radical (unpaired) electrons. The number of aromatic nitrogens is 6. The lowest BCUT2D eigenvalue weighted by Crippen LogP contribution is -2.03. The lowest BCUT2D eigenvalue weighted by atomic mass is 10.2. The Balaban J connectivity index is 0.000000190. The summed E-state index contributed by atoms with van der Waals surface area (Å²) in [5.74, 6) is 4.03. The summed E-state index contributed by atoms with van der Waals surface area (Å²) in [5, 5.41) is 9.24. The zero-order valence-corrected chi connectivity index (χ0v) is 27.2. The molecule has 3 heterocycles. The molecule has 236 valence electrons. The molecule has 0 atom stereocenters. The van der Waals surface area contributed by atoms with Crippen LogP contribution in [0.1, 0.15) is 72.4 Å². The van der Waals surface area contributed by atoms with Crippen LogP contribution in [0.15, 0.2) is 79.3 Å². The van der Waals surface area contributed by atoms with Gasteiger partial charge in [-0.15, -0.1) is 0 Å². The fraction of sp³-hybridized carbons (Fsp3) is 0.333. The fourth-order valence-electron chi connectivity index (χ4n) is 4.16. The van der Waals surface area contributed by atoms with Crippen LogP contribution >= 0.6 is 0 Å². The summed E-state index contributed by atoms with van der Waals surface area (Å²) in [6, 6.07) is 20.2. The van der Waals surface area contributed by atoms with Gasteiger partial charge >= 0.3 is 0 Å². The smallest absolute Gasteiger partial charge is 0.159 e. The third kappa shape index (κ3) is 12.3. The second kappa shape index (κ2) is 18.7. The van der Waals surface area contributed by atoms with Crippen molar-refractivity contribution in [3.8, 4) is 17.2 Å². The molecule has 1 N–H and O–H groups in total. The van der Waals surface area contributed by atoms with Crippen LogP contribution in [0.5, 0.6) is 17.2 Å². The average molecular weight is 609 g/mol. The number of rotatable bonds is 10. The number of benzene rings is 2. The molecule has 0 aliphatic rings. The van der Waals surface area contributed by atoms with Crippen LogP contribution in [0.25, 0.3) is 0 Å². The minimum absolute atomic E-state index is 0.206. The van der Waals surface area contributed by atoms with Gasteiger partial charge in [-0.3, -0.25) is 0 Å². The molecule has 2 aromatic carbocycles. The van der Waals surface area contributed by atoms with E-state index in [1.54, 1.807) is 12.4 Å². The van der Waals surface area contributed by atoms with E-state index in [1.807, 2.05) is 76.2 Å². The highest BCUT2D eigenvalue weighted by Crippen LogP contribution is 2.19. The van der Waals surface area contributed by atoms with Crippen LogP contribution in [0, 0.1) is 27.7 Å². The van der Waals surface area contributed by atoms with Crippen molar-refractivity contribution in [1.29, 1.82) is 0 Å². The molecule has 0 aliphatic carbocycles. The first-order valence-corrected chi connectivity index (χ1v) is 15.3. The van der Waals surface area contributed by atoms with Crippen LogP contribution in [0.3, 0.4) is 0 Å². The molecule has 0 fully saturated rings. The predicted octanol–water partition coefficient (Wildman–Crippen LogP) is 7.43. The van der Waals surface area contributed by atoms with E-state index >= 15 is 0 Å². The van der Waals surface area contributed by atoms with Crippen molar-refractivity contribution in [2.75, 3.05) is 0 Å². The highest BCUT2D eigenvalue weighted by molar-refractivity contribution is 5.26. The fourth-order valence-corrected chi connectivity index (χ4v) is 4.16. The van der Waals surface area contributed by atoms with Crippen molar-refractivity contribution in [2.24, 2.45) is 0 Å².